The minimum atomic E-state index is -0.991. The van der Waals surface area contributed by atoms with Crippen LogP contribution in [0.15, 0.2) is 12.4 Å². The van der Waals surface area contributed by atoms with Crippen LogP contribution in [0.3, 0.4) is 0 Å². The molecule has 0 unspecified atom stereocenters. The third-order valence-electron chi connectivity index (χ3n) is 3.02. The lowest BCUT2D eigenvalue weighted by Gasteiger charge is -2.12. The van der Waals surface area contributed by atoms with Crippen molar-refractivity contribution in [3.05, 3.63) is 35.2 Å². The molecule has 0 bridgehead atoms. The zero-order valence-corrected chi connectivity index (χ0v) is 11.7. The molecule has 0 atom stereocenters. The number of hydrogen-bond acceptors (Lipinski definition) is 5. The Kier molecular flexibility index (Phi) is 3.97. The fourth-order valence-corrected chi connectivity index (χ4v) is 2.09. The first-order valence-corrected chi connectivity index (χ1v) is 6.35. The van der Waals surface area contributed by atoms with Crippen LogP contribution in [0.4, 0.5) is 5.69 Å². The van der Waals surface area contributed by atoms with Crippen molar-refractivity contribution in [1.82, 2.24) is 19.7 Å². The van der Waals surface area contributed by atoms with Crippen LogP contribution in [-0.2, 0) is 13.1 Å². The second-order valence-electron chi connectivity index (χ2n) is 4.46. The van der Waals surface area contributed by atoms with Gasteiger partial charge >= 0.3 is 5.97 Å². The maximum absolute atomic E-state index is 11.3. The molecule has 2 aromatic rings. The molecular formula is C13H17N5O2. The van der Waals surface area contributed by atoms with Crippen molar-refractivity contribution in [2.24, 2.45) is 0 Å². The van der Waals surface area contributed by atoms with Gasteiger partial charge in [-0.25, -0.2) is 4.79 Å². The molecule has 0 radical (unpaired) electrons. The molecule has 2 aromatic heterocycles. The predicted octanol–water partition coefficient (Wildman–Crippen LogP) is 1.62. The molecule has 0 spiro atoms. The molecule has 0 aliphatic heterocycles. The van der Waals surface area contributed by atoms with Crippen molar-refractivity contribution >= 4 is 11.7 Å². The van der Waals surface area contributed by atoms with Gasteiger partial charge in [-0.05, 0) is 26.8 Å². The summed E-state index contributed by atoms with van der Waals surface area (Å²) in [6.07, 6.45) is 1.65. The van der Waals surface area contributed by atoms with E-state index in [4.69, 9.17) is 0 Å². The number of aromatic carboxylic acids is 1. The number of pyridine rings is 1. The number of nitrogens with zero attached hydrogens (tertiary/aromatic N) is 4. The number of carbonyl (C=O) groups is 1. The minimum Gasteiger partial charge on any atom is -0.478 e. The van der Waals surface area contributed by atoms with Gasteiger partial charge in [-0.2, -0.15) is 0 Å². The van der Waals surface area contributed by atoms with Crippen molar-refractivity contribution in [2.45, 2.75) is 33.9 Å². The van der Waals surface area contributed by atoms with E-state index in [1.807, 2.05) is 18.4 Å². The maximum Gasteiger partial charge on any atom is 0.339 e. The van der Waals surface area contributed by atoms with E-state index in [0.717, 1.165) is 18.1 Å². The second-order valence-corrected chi connectivity index (χ2v) is 4.46. The van der Waals surface area contributed by atoms with Crippen molar-refractivity contribution in [1.29, 1.82) is 0 Å². The molecule has 7 heteroatoms. The highest BCUT2D eigenvalue weighted by Gasteiger charge is 2.15. The van der Waals surface area contributed by atoms with Crippen molar-refractivity contribution in [2.75, 3.05) is 5.32 Å². The fraction of sp³-hybridized carbons (Fsp3) is 0.385. The zero-order chi connectivity index (χ0) is 14.7. The van der Waals surface area contributed by atoms with Gasteiger partial charge in [-0.1, -0.05) is 0 Å². The summed E-state index contributed by atoms with van der Waals surface area (Å²) < 4.78 is 1.90. The molecule has 2 rings (SSSR count). The van der Waals surface area contributed by atoms with Crippen molar-refractivity contribution < 1.29 is 9.90 Å². The summed E-state index contributed by atoms with van der Waals surface area (Å²) in [6, 6.07) is 1.73. The summed E-state index contributed by atoms with van der Waals surface area (Å²) in [6.45, 7) is 6.70. The Hall–Kier alpha value is -2.44. The quantitative estimate of drug-likeness (QED) is 0.861. The van der Waals surface area contributed by atoms with Crippen molar-refractivity contribution in [3.63, 3.8) is 0 Å². The van der Waals surface area contributed by atoms with E-state index in [0.29, 0.717) is 17.9 Å². The molecule has 0 aromatic carbocycles. The number of anilines is 1. The number of carboxylic acids is 1. The molecule has 106 valence electrons. The van der Waals surface area contributed by atoms with Gasteiger partial charge in [0.15, 0.2) is 5.82 Å². The Balaban J connectivity index is 2.27. The normalized spacial score (nSPS) is 10.6. The Bertz CT molecular complexity index is 636. The molecule has 2 N–H and O–H groups in total. The summed E-state index contributed by atoms with van der Waals surface area (Å²) in [4.78, 5) is 15.5. The number of carboxylic acid groups (broad SMARTS) is 1. The number of aromatic nitrogens is 4. The summed E-state index contributed by atoms with van der Waals surface area (Å²) in [7, 11) is 0. The summed E-state index contributed by atoms with van der Waals surface area (Å²) in [5.74, 6) is -0.231. The summed E-state index contributed by atoms with van der Waals surface area (Å²) >= 11 is 0. The molecule has 7 nitrogen and oxygen atoms in total. The van der Waals surface area contributed by atoms with Crippen LogP contribution in [0.1, 0.15) is 34.5 Å². The Morgan fingerprint density at radius 1 is 1.45 bits per heavy atom. The predicted molar refractivity (Wildman–Crippen MR) is 73.7 cm³/mol. The van der Waals surface area contributed by atoms with Crippen LogP contribution in [0.25, 0.3) is 0 Å². The van der Waals surface area contributed by atoms with Crippen LogP contribution in [-0.4, -0.2) is 30.8 Å². The Morgan fingerprint density at radius 3 is 2.85 bits per heavy atom. The van der Waals surface area contributed by atoms with Crippen LogP contribution in [0.5, 0.6) is 0 Å². The first-order chi connectivity index (χ1) is 9.52. The molecular weight excluding hydrogens is 258 g/mol. The zero-order valence-electron chi connectivity index (χ0n) is 11.7. The molecule has 2 heterocycles. The van der Waals surface area contributed by atoms with Crippen LogP contribution >= 0.6 is 0 Å². The van der Waals surface area contributed by atoms with E-state index >= 15 is 0 Å². The molecule has 0 saturated heterocycles. The Labute approximate surface area is 116 Å². The molecule has 0 aliphatic rings. The lowest BCUT2D eigenvalue weighted by atomic mass is 10.1. The van der Waals surface area contributed by atoms with Crippen LogP contribution in [0.2, 0.25) is 0 Å². The first kappa shape index (κ1) is 14.0. The van der Waals surface area contributed by atoms with Gasteiger partial charge in [0.2, 0.25) is 0 Å². The largest absolute Gasteiger partial charge is 0.478 e. The topological polar surface area (TPSA) is 92.9 Å². The van der Waals surface area contributed by atoms with Gasteiger partial charge in [0.25, 0.3) is 0 Å². The molecule has 0 aliphatic carbocycles. The van der Waals surface area contributed by atoms with Gasteiger partial charge in [0, 0.05) is 12.2 Å². The van der Waals surface area contributed by atoms with Gasteiger partial charge < -0.3 is 15.0 Å². The lowest BCUT2D eigenvalue weighted by molar-refractivity contribution is 0.0696. The van der Waals surface area contributed by atoms with Gasteiger partial charge in [0.05, 0.1) is 17.9 Å². The fourth-order valence-electron chi connectivity index (χ4n) is 2.09. The van der Waals surface area contributed by atoms with Gasteiger partial charge in [0.1, 0.15) is 11.9 Å². The Morgan fingerprint density at radius 2 is 2.20 bits per heavy atom. The third-order valence-corrected chi connectivity index (χ3v) is 3.02. The summed E-state index contributed by atoms with van der Waals surface area (Å²) in [5.41, 5.74) is 2.01. The minimum absolute atomic E-state index is 0.193. The summed E-state index contributed by atoms with van der Waals surface area (Å²) in [5, 5.41) is 20.2. The maximum atomic E-state index is 11.3. The monoisotopic (exact) mass is 275 g/mol. The highest BCUT2D eigenvalue weighted by molar-refractivity contribution is 5.95. The van der Waals surface area contributed by atoms with E-state index in [1.165, 1.54) is 0 Å². The van der Waals surface area contributed by atoms with Crippen LogP contribution in [0, 0.1) is 13.8 Å². The van der Waals surface area contributed by atoms with E-state index in [9.17, 15) is 9.90 Å². The lowest BCUT2D eigenvalue weighted by Crippen LogP contribution is -2.12. The highest BCUT2D eigenvalue weighted by atomic mass is 16.4. The molecule has 0 fully saturated rings. The average Bonchev–Trinajstić information content (AvgIpc) is 2.82. The number of hydrogen-bond donors (Lipinski definition) is 2. The SMILES string of the molecule is CCn1cnnc1CNc1cc(C)nc(C)c1C(=O)O. The number of aryl methyl sites for hydroxylation is 3. The van der Waals surface area contributed by atoms with E-state index < -0.39 is 5.97 Å². The molecule has 0 saturated carbocycles. The van der Waals surface area contributed by atoms with E-state index in [2.05, 4.69) is 20.5 Å². The average molecular weight is 275 g/mol. The second kappa shape index (κ2) is 5.68. The van der Waals surface area contributed by atoms with E-state index in [-0.39, 0.29) is 5.56 Å². The van der Waals surface area contributed by atoms with Gasteiger partial charge in [-0.15, -0.1) is 10.2 Å². The highest BCUT2D eigenvalue weighted by Crippen LogP contribution is 2.20. The number of nitrogens with one attached hydrogen (secondary N) is 1. The van der Waals surface area contributed by atoms with Gasteiger partial charge in [-0.3, -0.25) is 4.98 Å². The molecule has 0 amide bonds. The third kappa shape index (κ3) is 2.76. The van der Waals surface area contributed by atoms with Crippen molar-refractivity contribution in [3.8, 4) is 0 Å². The smallest absolute Gasteiger partial charge is 0.339 e. The molecule has 20 heavy (non-hydrogen) atoms. The van der Waals surface area contributed by atoms with E-state index in [1.54, 1.807) is 19.3 Å². The van der Waals surface area contributed by atoms with Crippen LogP contribution < -0.4 is 5.32 Å². The first-order valence-electron chi connectivity index (χ1n) is 6.35. The number of rotatable bonds is 5. The standard InChI is InChI=1S/C13H17N5O2/c1-4-18-7-15-17-11(18)6-14-10-5-8(2)16-9(3)12(10)13(19)20/h5,7H,4,6H2,1-3H3,(H,14,16)(H,19,20).